The molecule has 1 atom stereocenters. The average molecular weight is 211 g/mol. The van der Waals surface area contributed by atoms with Gasteiger partial charge in [0.2, 0.25) is 0 Å². The average Bonchev–Trinajstić information content (AvgIpc) is 2.14. The minimum Gasteiger partial charge on any atom is -0.381 e. The van der Waals surface area contributed by atoms with E-state index in [0.29, 0.717) is 26.1 Å². The fraction of sp³-hybridized carbons (Fsp3) is 1.00. The van der Waals surface area contributed by atoms with E-state index in [-0.39, 0.29) is 12.5 Å². The molecule has 84 valence electrons. The third-order valence-electron chi connectivity index (χ3n) is 2.73. The van der Waals surface area contributed by atoms with Gasteiger partial charge in [0.25, 0.3) is 0 Å². The number of alkyl halides is 3. The summed E-state index contributed by atoms with van der Waals surface area (Å²) in [6.07, 6.45) is -3.44. The smallest absolute Gasteiger partial charge is 0.381 e. The number of nitrogens with two attached hydrogens (primary N) is 1. The summed E-state index contributed by atoms with van der Waals surface area (Å²) in [5, 5.41) is 0. The van der Waals surface area contributed by atoms with Crippen LogP contribution >= 0.6 is 0 Å². The Balaban J connectivity index is 2.43. The highest BCUT2D eigenvalue weighted by Crippen LogP contribution is 2.32. The number of hydrogen-bond donors (Lipinski definition) is 1. The molecule has 0 aliphatic carbocycles. The zero-order chi connectivity index (χ0) is 10.6. The second-order valence-electron chi connectivity index (χ2n) is 3.76. The van der Waals surface area contributed by atoms with Crippen molar-refractivity contribution in [3.63, 3.8) is 0 Å². The Morgan fingerprint density at radius 1 is 1.29 bits per heavy atom. The first-order chi connectivity index (χ1) is 6.53. The molecule has 1 fully saturated rings. The predicted molar refractivity (Wildman–Crippen MR) is 46.8 cm³/mol. The SMILES string of the molecule is NC[C@H](CC(F)(F)F)C1CCOCC1. The van der Waals surface area contributed by atoms with Crippen molar-refractivity contribution in [2.24, 2.45) is 17.6 Å². The molecule has 0 aromatic carbocycles. The van der Waals surface area contributed by atoms with Crippen LogP contribution in [0.25, 0.3) is 0 Å². The number of hydrogen-bond acceptors (Lipinski definition) is 2. The summed E-state index contributed by atoms with van der Waals surface area (Å²) in [6.45, 7) is 1.25. The van der Waals surface area contributed by atoms with Crippen molar-refractivity contribution < 1.29 is 17.9 Å². The Morgan fingerprint density at radius 2 is 1.86 bits per heavy atom. The first-order valence-corrected chi connectivity index (χ1v) is 4.87. The fourth-order valence-electron chi connectivity index (χ4n) is 1.93. The third-order valence-corrected chi connectivity index (χ3v) is 2.73. The maximum atomic E-state index is 12.2. The summed E-state index contributed by atoms with van der Waals surface area (Å²) in [6, 6.07) is 0. The quantitative estimate of drug-likeness (QED) is 0.774. The molecule has 5 heteroatoms. The second kappa shape index (κ2) is 4.98. The Bertz CT molecular complexity index is 166. The molecule has 0 amide bonds. The minimum absolute atomic E-state index is 0.0791. The van der Waals surface area contributed by atoms with Crippen molar-refractivity contribution in [1.82, 2.24) is 0 Å². The summed E-state index contributed by atoms with van der Waals surface area (Å²) >= 11 is 0. The topological polar surface area (TPSA) is 35.2 Å². The number of halogens is 3. The van der Waals surface area contributed by atoms with Crippen LogP contribution in [-0.4, -0.2) is 25.9 Å². The van der Waals surface area contributed by atoms with Crippen LogP contribution in [0.4, 0.5) is 13.2 Å². The van der Waals surface area contributed by atoms with Crippen LogP contribution in [-0.2, 0) is 4.74 Å². The minimum atomic E-state index is -4.09. The standard InChI is InChI=1S/C9H16F3NO/c10-9(11,12)5-8(6-13)7-1-3-14-4-2-7/h7-8H,1-6,13H2/t8-/m0/s1. The highest BCUT2D eigenvalue weighted by Gasteiger charge is 2.35. The molecule has 0 spiro atoms. The first-order valence-electron chi connectivity index (χ1n) is 4.87. The normalized spacial score (nSPS) is 22.3. The van der Waals surface area contributed by atoms with Gasteiger partial charge in [-0.3, -0.25) is 0 Å². The van der Waals surface area contributed by atoms with Crippen LogP contribution in [0, 0.1) is 11.8 Å². The molecule has 1 heterocycles. The molecule has 2 N–H and O–H groups in total. The van der Waals surface area contributed by atoms with Crippen LogP contribution in [0.5, 0.6) is 0 Å². The molecule has 0 saturated carbocycles. The Labute approximate surface area is 81.6 Å². The summed E-state index contributed by atoms with van der Waals surface area (Å²) in [4.78, 5) is 0. The molecule has 0 unspecified atom stereocenters. The first kappa shape index (κ1) is 11.8. The lowest BCUT2D eigenvalue weighted by Crippen LogP contribution is -2.32. The van der Waals surface area contributed by atoms with E-state index in [2.05, 4.69) is 0 Å². The zero-order valence-electron chi connectivity index (χ0n) is 8.02. The Morgan fingerprint density at radius 3 is 2.29 bits per heavy atom. The number of rotatable bonds is 3. The van der Waals surface area contributed by atoms with Gasteiger partial charge in [-0.05, 0) is 31.2 Å². The van der Waals surface area contributed by atoms with Gasteiger partial charge in [0.05, 0.1) is 0 Å². The molecular weight excluding hydrogens is 195 g/mol. The van der Waals surface area contributed by atoms with Gasteiger partial charge >= 0.3 is 6.18 Å². The third kappa shape index (κ3) is 3.84. The molecule has 14 heavy (non-hydrogen) atoms. The lowest BCUT2D eigenvalue weighted by molar-refractivity contribution is -0.150. The van der Waals surface area contributed by atoms with Gasteiger partial charge in [-0.1, -0.05) is 0 Å². The van der Waals surface area contributed by atoms with Gasteiger partial charge < -0.3 is 10.5 Å². The summed E-state index contributed by atoms with van der Waals surface area (Å²) < 4.78 is 41.6. The molecule has 0 bridgehead atoms. The van der Waals surface area contributed by atoms with E-state index >= 15 is 0 Å². The van der Waals surface area contributed by atoms with E-state index in [1.165, 1.54) is 0 Å². The zero-order valence-corrected chi connectivity index (χ0v) is 8.02. The van der Waals surface area contributed by atoms with E-state index in [4.69, 9.17) is 10.5 Å². The van der Waals surface area contributed by atoms with E-state index < -0.39 is 18.5 Å². The molecule has 1 aliphatic rings. The fourth-order valence-corrected chi connectivity index (χ4v) is 1.93. The van der Waals surface area contributed by atoms with Crippen molar-refractivity contribution in [2.75, 3.05) is 19.8 Å². The largest absolute Gasteiger partial charge is 0.389 e. The van der Waals surface area contributed by atoms with Crippen LogP contribution in [0.15, 0.2) is 0 Å². The van der Waals surface area contributed by atoms with Crippen molar-refractivity contribution in [3.8, 4) is 0 Å². The molecule has 0 aromatic heterocycles. The maximum Gasteiger partial charge on any atom is 0.389 e. The molecule has 1 aliphatic heterocycles. The summed E-state index contributed by atoms with van der Waals surface area (Å²) in [5.41, 5.74) is 5.37. The van der Waals surface area contributed by atoms with E-state index in [1.807, 2.05) is 0 Å². The summed E-state index contributed by atoms with van der Waals surface area (Å²) in [5.74, 6) is -0.353. The van der Waals surface area contributed by atoms with Gasteiger partial charge in [0.15, 0.2) is 0 Å². The van der Waals surface area contributed by atoms with Gasteiger partial charge in [0, 0.05) is 19.6 Å². The second-order valence-corrected chi connectivity index (χ2v) is 3.76. The van der Waals surface area contributed by atoms with Gasteiger partial charge in [-0.2, -0.15) is 13.2 Å². The summed E-state index contributed by atoms with van der Waals surface area (Å²) in [7, 11) is 0. The van der Waals surface area contributed by atoms with Gasteiger partial charge in [0.1, 0.15) is 0 Å². The molecule has 1 rings (SSSR count). The number of ether oxygens (including phenoxy) is 1. The maximum absolute atomic E-state index is 12.2. The van der Waals surface area contributed by atoms with Crippen LogP contribution in [0.3, 0.4) is 0 Å². The molecular formula is C9H16F3NO. The molecule has 1 saturated heterocycles. The van der Waals surface area contributed by atoms with E-state index in [9.17, 15) is 13.2 Å². The highest BCUT2D eigenvalue weighted by atomic mass is 19.4. The predicted octanol–water partition coefficient (Wildman–Crippen LogP) is 1.94. The van der Waals surface area contributed by atoms with E-state index in [0.717, 1.165) is 0 Å². The van der Waals surface area contributed by atoms with Gasteiger partial charge in [-0.25, -0.2) is 0 Å². The molecule has 0 radical (unpaired) electrons. The molecule has 2 nitrogen and oxygen atoms in total. The van der Waals surface area contributed by atoms with Crippen LogP contribution < -0.4 is 5.73 Å². The lowest BCUT2D eigenvalue weighted by atomic mass is 9.84. The van der Waals surface area contributed by atoms with E-state index in [1.54, 1.807) is 0 Å². The van der Waals surface area contributed by atoms with Crippen LogP contribution in [0.1, 0.15) is 19.3 Å². The van der Waals surface area contributed by atoms with Crippen molar-refractivity contribution >= 4 is 0 Å². The lowest BCUT2D eigenvalue weighted by Gasteiger charge is -2.29. The Hall–Kier alpha value is -0.290. The Kier molecular flexibility index (Phi) is 4.19. The van der Waals surface area contributed by atoms with Gasteiger partial charge in [-0.15, -0.1) is 0 Å². The van der Waals surface area contributed by atoms with Crippen molar-refractivity contribution in [3.05, 3.63) is 0 Å². The van der Waals surface area contributed by atoms with Crippen molar-refractivity contribution in [2.45, 2.75) is 25.4 Å². The van der Waals surface area contributed by atoms with Crippen LogP contribution in [0.2, 0.25) is 0 Å². The molecule has 0 aromatic rings. The van der Waals surface area contributed by atoms with Crippen molar-refractivity contribution in [1.29, 1.82) is 0 Å². The highest BCUT2D eigenvalue weighted by molar-refractivity contribution is 4.75. The monoisotopic (exact) mass is 211 g/mol.